The lowest BCUT2D eigenvalue weighted by Crippen LogP contribution is -2.40. The first kappa shape index (κ1) is 19.0. The van der Waals surface area contributed by atoms with Crippen molar-refractivity contribution in [1.29, 1.82) is 0 Å². The molecule has 0 aliphatic rings. The second-order valence-corrected chi connectivity index (χ2v) is 5.31. The first-order chi connectivity index (χ1) is 12.6. The zero-order valence-electron chi connectivity index (χ0n) is 14.2. The number of esters is 2. The second kappa shape index (κ2) is 9.83. The lowest BCUT2D eigenvalue weighted by molar-refractivity contribution is -0.147. The monoisotopic (exact) mass is 357 g/mol. The van der Waals surface area contributed by atoms with E-state index in [1.54, 1.807) is 30.3 Å². The summed E-state index contributed by atoms with van der Waals surface area (Å²) in [5.74, 6) is -1.22. The summed E-state index contributed by atoms with van der Waals surface area (Å²) in [6.45, 7) is 1.01. The highest BCUT2D eigenvalue weighted by Crippen LogP contribution is 2.03. The highest BCUT2D eigenvalue weighted by atomic mass is 16.7. The molecule has 2 aromatic rings. The van der Waals surface area contributed by atoms with E-state index in [-0.39, 0.29) is 6.61 Å². The highest BCUT2D eigenvalue weighted by molar-refractivity contribution is 5.89. The maximum Gasteiger partial charge on any atom is 0.410 e. The number of amides is 1. The van der Waals surface area contributed by atoms with E-state index < -0.39 is 30.9 Å². The Morgan fingerprint density at radius 1 is 0.885 bits per heavy atom. The van der Waals surface area contributed by atoms with Gasteiger partial charge < -0.3 is 19.5 Å². The van der Waals surface area contributed by atoms with E-state index in [1.165, 1.54) is 6.92 Å². The molecule has 0 aliphatic heterocycles. The fourth-order valence-electron chi connectivity index (χ4n) is 1.93. The minimum absolute atomic E-state index is 0.107. The van der Waals surface area contributed by atoms with Gasteiger partial charge in [0.2, 0.25) is 6.79 Å². The van der Waals surface area contributed by atoms with Gasteiger partial charge in [-0.1, -0.05) is 48.5 Å². The topological polar surface area (TPSA) is 90.9 Å². The smallest absolute Gasteiger partial charge is 0.410 e. The lowest BCUT2D eigenvalue weighted by atomic mass is 10.2. The standard InChI is InChI=1S/C19H19NO6/c1-14(17(21)24-12-15-8-4-2-5-9-15)20-19(23)26-13-25-18(22)16-10-6-3-7-11-16/h2-11,14H,12-13H2,1H3,(H,20,23)/t14-/m0/s1. The number of ether oxygens (including phenoxy) is 3. The van der Waals surface area contributed by atoms with Crippen LogP contribution in [0.2, 0.25) is 0 Å². The van der Waals surface area contributed by atoms with Crippen LogP contribution in [-0.2, 0) is 25.6 Å². The van der Waals surface area contributed by atoms with Crippen molar-refractivity contribution in [3.05, 3.63) is 71.8 Å². The molecule has 1 atom stereocenters. The van der Waals surface area contributed by atoms with E-state index >= 15 is 0 Å². The summed E-state index contributed by atoms with van der Waals surface area (Å²) >= 11 is 0. The summed E-state index contributed by atoms with van der Waals surface area (Å²) in [4.78, 5) is 35.1. The van der Waals surface area contributed by atoms with Gasteiger partial charge in [0.1, 0.15) is 12.6 Å². The largest absolute Gasteiger partial charge is 0.459 e. The summed E-state index contributed by atoms with van der Waals surface area (Å²) in [6, 6.07) is 16.5. The molecule has 2 aromatic carbocycles. The molecular weight excluding hydrogens is 338 g/mol. The number of nitrogens with one attached hydrogen (secondary N) is 1. The molecule has 0 unspecified atom stereocenters. The molecule has 7 heteroatoms. The summed E-state index contributed by atoms with van der Waals surface area (Å²) in [5, 5.41) is 2.30. The van der Waals surface area contributed by atoms with Crippen LogP contribution in [0, 0.1) is 0 Å². The third-order valence-electron chi connectivity index (χ3n) is 3.30. The Morgan fingerprint density at radius 2 is 1.50 bits per heavy atom. The third-order valence-corrected chi connectivity index (χ3v) is 3.30. The van der Waals surface area contributed by atoms with Crippen molar-refractivity contribution in [2.45, 2.75) is 19.6 Å². The third kappa shape index (κ3) is 6.27. The minimum atomic E-state index is -0.906. The Hall–Kier alpha value is -3.35. The van der Waals surface area contributed by atoms with Crippen LogP contribution in [-0.4, -0.2) is 30.9 Å². The van der Waals surface area contributed by atoms with E-state index in [0.717, 1.165) is 5.56 Å². The Balaban J connectivity index is 1.66. The minimum Gasteiger partial charge on any atom is -0.459 e. The zero-order chi connectivity index (χ0) is 18.8. The number of rotatable bonds is 7. The number of hydrogen-bond acceptors (Lipinski definition) is 6. The molecule has 2 rings (SSSR count). The van der Waals surface area contributed by atoms with Crippen LogP contribution in [0.1, 0.15) is 22.8 Å². The van der Waals surface area contributed by atoms with Gasteiger partial charge in [-0.15, -0.1) is 0 Å². The van der Waals surface area contributed by atoms with Crippen LogP contribution in [0.4, 0.5) is 4.79 Å². The van der Waals surface area contributed by atoms with Gasteiger partial charge in [0.15, 0.2) is 0 Å². The van der Waals surface area contributed by atoms with Crippen LogP contribution in [0.5, 0.6) is 0 Å². The average Bonchev–Trinajstić information content (AvgIpc) is 2.67. The zero-order valence-corrected chi connectivity index (χ0v) is 14.2. The van der Waals surface area contributed by atoms with Crippen LogP contribution >= 0.6 is 0 Å². The summed E-state index contributed by atoms with van der Waals surface area (Å²) < 4.78 is 14.6. The molecule has 0 aliphatic carbocycles. The van der Waals surface area contributed by atoms with Gasteiger partial charge in [-0.05, 0) is 24.6 Å². The summed E-state index contributed by atoms with van der Waals surface area (Å²) in [5.41, 5.74) is 1.18. The van der Waals surface area contributed by atoms with Crippen LogP contribution < -0.4 is 5.32 Å². The molecule has 7 nitrogen and oxygen atoms in total. The van der Waals surface area contributed by atoms with Crippen LogP contribution in [0.25, 0.3) is 0 Å². The Labute approximate surface area is 150 Å². The van der Waals surface area contributed by atoms with Gasteiger partial charge in [-0.2, -0.15) is 0 Å². The van der Waals surface area contributed by atoms with E-state index in [4.69, 9.17) is 14.2 Å². The molecule has 0 saturated carbocycles. The molecule has 0 bridgehead atoms. The normalized spacial score (nSPS) is 11.1. The van der Waals surface area contributed by atoms with Crippen molar-refractivity contribution < 1.29 is 28.6 Å². The van der Waals surface area contributed by atoms with Crippen molar-refractivity contribution >= 4 is 18.0 Å². The molecule has 1 N–H and O–H groups in total. The van der Waals surface area contributed by atoms with E-state index in [9.17, 15) is 14.4 Å². The molecule has 0 aromatic heterocycles. The number of benzene rings is 2. The summed E-state index contributed by atoms with van der Waals surface area (Å²) in [6.07, 6.45) is -0.893. The second-order valence-electron chi connectivity index (χ2n) is 5.31. The first-order valence-electron chi connectivity index (χ1n) is 7.92. The van der Waals surface area contributed by atoms with Crippen LogP contribution in [0.3, 0.4) is 0 Å². The Kier molecular flexibility index (Phi) is 7.17. The average molecular weight is 357 g/mol. The maximum absolute atomic E-state index is 11.8. The van der Waals surface area contributed by atoms with E-state index in [1.807, 2.05) is 30.3 Å². The predicted molar refractivity (Wildman–Crippen MR) is 92.0 cm³/mol. The molecule has 0 heterocycles. The quantitative estimate of drug-likeness (QED) is 0.605. The predicted octanol–water partition coefficient (Wildman–Crippen LogP) is 2.66. The maximum atomic E-state index is 11.8. The number of alkyl carbamates (subject to hydrolysis) is 1. The van der Waals surface area contributed by atoms with Crippen molar-refractivity contribution in [2.75, 3.05) is 6.79 Å². The number of carbonyl (C=O) groups is 3. The van der Waals surface area contributed by atoms with Gasteiger partial charge in [0.25, 0.3) is 0 Å². The summed E-state index contributed by atoms with van der Waals surface area (Å²) in [7, 11) is 0. The fraction of sp³-hybridized carbons (Fsp3) is 0.211. The van der Waals surface area contributed by atoms with Crippen molar-refractivity contribution in [2.24, 2.45) is 0 Å². The molecule has 1 amide bonds. The van der Waals surface area contributed by atoms with Crippen molar-refractivity contribution in [3.8, 4) is 0 Å². The van der Waals surface area contributed by atoms with Gasteiger partial charge >= 0.3 is 18.0 Å². The molecule has 0 fully saturated rings. The van der Waals surface area contributed by atoms with Crippen molar-refractivity contribution in [1.82, 2.24) is 5.32 Å². The fourth-order valence-corrected chi connectivity index (χ4v) is 1.93. The Bertz CT molecular complexity index is 732. The van der Waals surface area contributed by atoms with Crippen LogP contribution in [0.15, 0.2) is 60.7 Å². The first-order valence-corrected chi connectivity index (χ1v) is 7.92. The lowest BCUT2D eigenvalue weighted by Gasteiger charge is -2.13. The molecule has 26 heavy (non-hydrogen) atoms. The van der Waals surface area contributed by atoms with E-state index in [2.05, 4.69) is 5.32 Å². The highest BCUT2D eigenvalue weighted by Gasteiger charge is 2.18. The van der Waals surface area contributed by atoms with Crippen molar-refractivity contribution in [3.63, 3.8) is 0 Å². The molecule has 136 valence electrons. The number of hydrogen-bond donors (Lipinski definition) is 1. The molecular formula is C19H19NO6. The molecule has 0 saturated heterocycles. The molecule has 0 radical (unpaired) electrons. The van der Waals surface area contributed by atoms with Gasteiger partial charge in [0.05, 0.1) is 5.56 Å². The molecule has 0 spiro atoms. The van der Waals surface area contributed by atoms with E-state index in [0.29, 0.717) is 5.56 Å². The number of carbonyl (C=O) groups excluding carboxylic acids is 3. The van der Waals surface area contributed by atoms with Gasteiger partial charge in [0, 0.05) is 0 Å². The van der Waals surface area contributed by atoms with Gasteiger partial charge in [-0.25, -0.2) is 14.4 Å². The Morgan fingerprint density at radius 3 is 2.15 bits per heavy atom. The van der Waals surface area contributed by atoms with Gasteiger partial charge in [-0.3, -0.25) is 0 Å². The SMILES string of the molecule is C[C@H](NC(=O)OCOC(=O)c1ccccc1)C(=O)OCc1ccccc1.